The van der Waals surface area contributed by atoms with E-state index in [1.165, 1.54) is 17.2 Å². The predicted molar refractivity (Wildman–Crippen MR) is 62.7 cm³/mol. The van der Waals surface area contributed by atoms with Crippen molar-refractivity contribution >= 4 is 17.0 Å². The molecule has 2 aromatic rings. The van der Waals surface area contributed by atoms with E-state index in [9.17, 15) is 10.2 Å². The molecule has 4 atom stereocenters. The zero-order valence-corrected chi connectivity index (χ0v) is 9.79. The minimum atomic E-state index is -1.19. The van der Waals surface area contributed by atoms with Crippen LogP contribution in [0.5, 0.6) is 0 Å². The van der Waals surface area contributed by atoms with Crippen LogP contribution in [0.3, 0.4) is 0 Å². The van der Waals surface area contributed by atoms with Gasteiger partial charge in [0.2, 0.25) is 0 Å². The Labute approximate surface area is 107 Å². The van der Waals surface area contributed by atoms with Crippen LogP contribution in [0.1, 0.15) is 6.23 Å². The van der Waals surface area contributed by atoms with Crippen molar-refractivity contribution in [1.29, 1.82) is 0 Å². The topological polar surface area (TPSA) is 140 Å². The highest BCUT2D eigenvalue weighted by Gasteiger charge is 2.43. The normalized spacial score (nSPS) is 31.1. The van der Waals surface area contributed by atoms with E-state index >= 15 is 0 Å². The number of nitrogen functional groups attached to an aromatic ring is 1. The molecule has 3 rings (SSSR count). The molecular weight excluding hydrogens is 272 g/mol. The Morgan fingerprint density at radius 2 is 2.05 bits per heavy atom. The number of nitrogens with two attached hydrogens (primary N) is 1. The van der Waals surface area contributed by atoms with Crippen molar-refractivity contribution < 1.29 is 20.1 Å². The van der Waals surface area contributed by atoms with Crippen molar-refractivity contribution in [2.75, 3.05) is 12.3 Å². The van der Waals surface area contributed by atoms with Crippen molar-refractivity contribution in [3.8, 4) is 0 Å². The van der Waals surface area contributed by atoms with E-state index in [1.807, 2.05) is 0 Å². The molecule has 1 fully saturated rings. The number of ether oxygens (including phenoxy) is 1. The largest absolute Gasteiger partial charge is 0.394 e. The van der Waals surface area contributed by atoms with Gasteiger partial charge in [-0.15, -0.1) is 0 Å². The van der Waals surface area contributed by atoms with Gasteiger partial charge in [-0.2, -0.15) is 0 Å². The Balaban J connectivity index is 2.04. The molecular formula is C10H13N5O4. The number of hydrogen-bond donors (Lipinski definition) is 4. The Bertz CT molecular complexity index is 603. The molecule has 2 aromatic heterocycles. The minimum Gasteiger partial charge on any atom is -0.394 e. The molecule has 0 aromatic carbocycles. The lowest BCUT2D eigenvalue weighted by Crippen LogP contribution is -2.33. The summed E-state index contributed by atoms with van der Waals surface area (Å²) in [4.78, 5) is 11.9. The average Bonchev–Trinajstić information content (AvgIpc) is 2.94. The fourth-order valence-electron chi connectivity index (χ4n) is 2.17. The van der Waals surface area contributed by atoms with Crippen LogP contribution in [0.2, 0.25) is 0 Å². The van der Waals surface area contributed by atoms with Gasteiger partial charge >= 0.3 is 0 Å². The van der Waals surface area contributed by atoms with E-state index in [0.717, 1.165) is 0 Å². The summed E-state index contributed by atoms with van der Waals surface area (Å²) in [7, 11) is 0. The summed E-state index contributed by atoms with van der Waals surface area (Å²) in [6.45, 7) is -0.390. The molecule has 0 spiro atoms. The first-order valence-electron chi connectivity index (χ1n) is 5.69. The van der Waals surface area contributed by atoms with Crippen LogP contribution < -0.4 is 5.73 Å². The van der Waals surface area contributed by atoms with E-state index < -0.39 is 31.1 Å². The van der Waals surface area contributed by atoms with Crippen LogP contribution in [-0.4, -0.2) is 59.8 Å². The first-order chi connectivity index (χ1) is 9.13. The minimum absolute atomic E-state index is 0.218. The van der Waals surface area contributed by atoms with Gasteiger partial charge in [0.1, 0.15) is 30.2 Å². The SMILES string of the molecule is N[14c]1n[14cH]n[14c]2[14c]1n[14cH]n2[14C@@H]1O[14C@H](CO)[14C@@H](O)[14C@H]1O. The maximum atomic E-state index is 9.95. The third-order valence-corrected chi connectivity index (χ3v) is 3.18. The van der Waals surface area contributed by atoms with E-state index in [-0.39, 0.29) is 5.82 Å². The second kappa shape index (κ2) is 4.38. The number of aliphatic hydroxyl groups excluding tert-OH is 3. The Kier molecular flexibility index (Phi) is 2.82. The molecule has 0 amide bonds. The molecule has 0 unspecified atom stereocenters. The molecule has 19 heavy (non-hydrogen) atoms. The van der Waals surface area contributed by atoms with Gasteiger partial charge in [-0.3, -0.25) is 4.57 Å². The van der Waals surface area contributed by atoms with Crippen LogP contribution in [0.25, 0.3) is 11.2 Å². The third kappa shape index (κ3) is 1.75. The van der Waals surface area contributed by atoms with Crippen LogP contribution >= 0.6 is 0 Å². The molecule has 102 valence electrons. The van der Waals surface area contributed by atoms with Crippen molar-refractivity contribution in [2.24, 2.45) is 0 Å². The van der Waals surface area contributed by atoms with Crippen LogP contribution in [-0.2, 0) is 4.74 Å². The number of imidazole rings is 1. The van der Waals surface area contributed by atoms with Crippen molar-refractivity contribution in [3.05, 3.63) is 12.7 Å². The molecule has 0 saturated carbocycles. The Morgan fingerprint density at radius 3 is 2.74 bits per heavy atom. The molecule has 0 bridgehead atoms. The van der Waals surface area contributed by atoms with Gasteiger partial charge in [-0.05, 0) is 0 Å². The molecule has 0 aliphatic carbocycles. The van der Waals surface area contributed by atoms with Crippen molar-refractivity contribution in [2.45, 2.75) is 24.5 Å². The van der Waals surface area contributed by atoms with Crippen LogP contribution in [0, 0.1) is 0 Å². The monoisotopic (exact) mass is 285 g/mol. The summed E-state index contributed by atoms with van der Waals surface area (Å²) in [5, 5.41) is 28.7. The molecule has 1 aliphatic rings. The highest BCUT2D eigenvalue weighted by molar-refractivity contribution is 5.81. The summed E-state index contributed by atoms with van der Waals surface area (Å²) < 4.78 is 6.85. The lowest BCUT2D eigenvalue weighted by atomic mass is 11.3. The molecule has 5 N–H and O–H groups in total. The number of anilines is 1. The van der Waals surface area contributed by atoms with E-state index in [0.29, 0.717) is 11.2 Å². The third-order valence-electron chi connectivity index (χ3n) is 3.18. The quantitative estimate of drug-likeness (QED) is 0.497. The number of nitrogens with zero attached hydrogens (tertiary/aromatic N) is 4. The highest BCUT2D eigenvalue weighted by atomic mass is 17.1. The Morgan fingerprint density at radius 1 is 1.26 bits per heavy atom. The second-order valence-electron chi connectivity index (χ2n) is 4.31. The zero-order chi connectivity index (χ0) is 13.6. The molecule has 9 nitrogen and oxygen atoms in total. The van der Waals surface area contributed by atoms with E-state index in [2.05, 4.69) is 15.0 Å². The van der Waals surface area contributed by atoms with Gasteiger partial charge < -0.3 is 25.8 Å². The number of fused-ring (bicyclic) bond motifs is 1. The summed E-state index contributed by atoms with van der Waals surface area (Å²) in [5.74, 6) is 0.218. The summed E-state index contributed by atoms with van der Waals surface area (Å²) in [5.41, 5.74) is 6.44. The molecule has 9 heteroatoms. The van der Waals surface area contributed by atoms with Gasteiger partial charge in [0.05, 0.1) is 12.9 Å². The van der Waals surface area contributed by atoms with Crippen molar-refractivity contribution in [1.82, 2.24) is 19.5 Å². The summed E-state index contributed by atoms with van der Waals surface area (Å²) >= 11 is 0. The lowest BCUT2D eigenvalue weighted by Gasteiger charge is -2.16. The summed E-state index contributed by atoms with van der Waals surface area (Å²) in [6, 6.07) is 0. The highest BCUT2D eigenvalue weighted by Crippen LogP contribution is 2.31. The average molecular weight is 285 g/mol. The second-order valence-corrected chi connectivity index (χ2v) is 4.31. The number of hydrogen-bond acceptors (Lipinski definition) is 8. The Hall–Kier alpha value is -1.81. The fraction of sp³-hybridized carbons (Fsp3) is 0.500. The van der Waals surface area contributed by atoms with Gasteiger partial charge in [0.25, 0.3) is 0 Å². The molecule has 3 heterocycles. The molecule has 1 aliphatic heterocycles. The maximum absolute atomic E-state index is 9.95. The predicted octanol–water partition coefficient (Wildman–Crippen LogP) is -1.98. The van der Waals surface area contributed by atoms with Gasteiger partial charge in [-0.25, -0.2) is 15.0 Å². The first kappa shape index (κ1) is 12.2. The number of aromatic nitrogens is 4. The molecule has 0 radical (unpaired) electrons. The maximum Gasteiger partial charge on any atom is 0.167 e. The number of aliphatic hydroxyl groups is 3. The number of rotatable bonds is 2. The van der Waals surface area contributed by atoms with Crippen LogP contribution in [0.15, 0.2) is 12.7 Å². The van der Waals surface area contributed by atoms with Gasteiger partial charge in [0, 0.05) is 0 Å². The lowest BCUT2D eigenvalue weighted by molar-refractivity contribution is -0.0511. The van der Waals surface area contributed by atoms with Gasteiger partial charge in [-0.1, -0.05) is 0 Å². The fourth-order valence-corrected chi connectivity index (χ4v) is 2.17. The molecule has 1 saturated heterocycles. The smallest absolute Gasteiger partial charge is 0.167 e. The summed E-state index contributed by atoms with van der Waals surface area (Å²) in [6.07, 6.45) is -1.42. The van der Waals surface area contributed by atoms with E-state index in [1.54, 1.807) is 0 Å². The van der Waals surface area contributed by atoms with Gasteiger partial charge in [0.15, 0.2) is 17.7 Å². The zero-order valence-electron chi connectivity index (χ0n) is 9.79. The van der Waals surface area contributed by atoms with Crippen molar-refractivity contribution in [3.63, 3.8) is 0 Å². The first-order valence-corrected chi connectivity index (χ1v) is 5.69. The van der Waals surface area contributed by atoms with Crippen LogP contribution in [0.4, 0.5) is 5.82 Å². The van der Waals surface area contributed by atoms with E-state index in [4.69, 9.17) is 15.6 Å². The standard InChI is InChI=1S/C10H13N5O4/c11-8-5-9(13-2-12-8)15(3-14-5)10-7(18)6(17)4(1-16)19-10/h2-4,6-7,10,16-18H,1H2,(H2,11,12,13)/t4-,6-,7-,10-/m1/s1/i2+2,3+2,4+2,5+2,6+2,7+2,8+2,9+2,10+2.